The number of nitrogens with one attached hydrogen (secondary N) is 1. The van der Waals surface area contributed by atoms with Crippen molar-refractivity contribution in [1.29, 1.82) is 0 Å². The zero-order valence-corrected chi connectivity index (χ0v) is 13.4. The number of hydrogen-bond acceptors (Lipinski definition) is 2. The Morgan fingerprint density at radius 3 is 2.55 bits per heavy atom. The van der Waals surface area contributed by atoms with Crippen molar-refractivity contribution in [3.63, 3.8) is 0 Å². The molecule has 1 atom stereocenters. The first kappa shape index (κ1) is 15.6. The van der Waals surface area contributed by atoms with E-state index in [1.807, 2.05) is 12.1 Å². The average molecular weight is 378 g/mol. The average Bonchev–Trinajstić information content (AvgIpc) is 2.41. The van der Waals surface area contributed by atoms with Gasteiger partial charge >= 0.3 is 0 Å². The molecular formula is C14H12BrCl2FN2. The number of halogens is 4. The Labute approximate surface area is 135 Å². The van der Waals surface area contributed by atoms with Crippen LogP contribution in [-0.4, -0.2) is 6.54 Å². The predicted molar refractivity (Wildman–Crippen MR) is 86.0 cm³/mol. The molecule has 0 spiro atoms. The molecular weight excluding hydrogens is 366 g/mol. The second kappa shape index (κ2) is 6.76. The highest BCUT2D eigenvalue weighted by Crippen LogP contribution is 2.28. The minimum atomic E-state index is -0.386. The fourth-order valence-electron chi connectivity index (χ4n) is 1.83. The normalized spacial score (nSPS) is 12.2. The zero-order chi connectivity index (χ0) is 14.7. The molecule has 2 nitrogen and oxygen atoms in total. The Hall–Kier alpha value is -0.810. The maximum atomic E-state index is 13.9. The van der Waals surface area contributed by atoms with Crippen molar-refractivity contribution in [2.24, 2.45) is 5.73 Å². The van der Waals surface area contributed by atoms with Gasteiger partial charge in [-0.2, -0.15) is 0 Å². The van der Waals surface area contributed by atoms with E-state index in [0.29, 0.717) is 15.6 Å². The summed E-state index contributed by atoms with van der Waals surface area (Å²) >= 11 is 15.1. The second-order valence-electron chi connectivity index (χ2n) is 4.23. The molecule has 0 aromatic heterocycles. The highest BCUT2D eigenvalue weighted by Gasteiger charge is 2.15. The monoisotopic (exact) mass is 376 g/mol. The third kappa shape index (κ3) is 3.64. The van der Waals surface area contributed by atoms with E-state index in [9.17, 15) is 4.39 Å². The van der Waals surface area contributed by atoms with Crippen LogP contribution in [-0.2, 0) is 0 Å². The van der Waals surface area contributed by atoms with Gasteiger partial charge in [0.25, 0.3) is 0 Å². The van der Waals surface area contributed by atoms with Crippen LogP contribution in [0.25, 0.3) is 0 Å². The quantitative estimate of drug-likeness (QED) is 0.786. The maximum absolute atomic E-state index is 13.9. The van der Waals surface area contributed by atoms with Crippen LogP contribution in [0.3, 0.4) is 0 Å². The Kier molecular flexibility index (Phi) is 5.27. The van der Waals surface area contributed by atoms with Gasteiger partial charge in [-0.05, 0) is 46.3 Å². The fourth-order valence-corrected chi connectivity index (χ4v) is 2.42. The molecule has 2 aromatic carbocycles. The van der Waals surface area contributed by atoms with E-state index in [1.165, 1.54) is 6.07 Å². The summed E-state index contributed by atoms with van der Waals surface area (Å²) in [5, 5.41) is 4.09. The second-order valence-corrected chi connectivity index (χ2v) is 5.93. The molecule has 0 aliphatic heterocycles. The first-order valence-electron chi connectivity index (χ1n) is 5.88. The molecule has 0 aliphatic carbocycles. The van der Waals surface area contributed by atoms with E-state index in [0.717, 1.165) is 10.2 Å². The lowest BCUT2D eigenvalue weighted by molar-refractivity contribution is 0.593. The van der Waals surface area contributed by atoms with Crippen molar-refractivity contribution in [1.82, 2.24) is 0 Å². The predicted octanol–water partition coefficient (Wildman–Crippen LogP) is 5.01. The molecule has 0 saturated carbocycles. The number of anilines is 1. The van der Waals surface area contributed by atoms with Crippen molar-refractivity contribution in [3.05, 3.63) is 62.3 Å². The summed E-state index contributed by atoms with van der Waals surface area (Å²) in [5.41, 5.74) is 6.96. The third-order valence-corrected chi connectivity index (χ3v) is 4.30. The summed E-state index contributed by atoms with van der Waals surface area (Å²) in [6.07, 6.45) is 0. The standard InChI is InChI=1S/C14H12BrCl2FN2/c15-11-4-2-9(6-12(11)17)20-14(7-19)10-3-1-8(16)5-13(10)18/h1-6,14,20H,7,19H2. The molecule has 0 amide bonds. The molecule has 1 unspecified atom stereocenters. The number of rotatable bonds is 4. The fraction of sp³-hybridized carbons (Fsp3) is 0.143. The maximum Gasteiger partial charge on any atom is 0.130 e. The lowest BCUT2D eigenvalue weighted by Crippen LogP contribution is -2.21. The van der Waals surface area contributed by atoms with Crippen LogP contribution in [0.2, 0.25) is 10.0 Å². The molecule has 3 N–H and O–H groups in total. The SMILES string of the molecule is NCC(Nc1ccc(Br)c(Cl)c1)c1ccc(Cl)cc1F. The smallest absolute Gasteiger partial charge is 0.130 e. The Balaban J connectivity index is 2.26. The largest absolute Gasteiger partial charge is 0.377 e. The molecule has 20 heavy (non-hydrogen) atoms. The summed E-state index contributed by atoms with van der Waals surface area (Å²) in [6.45, 7) is 0.242. The minimum absolute atomic E-state index is 0.242. The molecule has 0 radical (unpaired) electrons. The topological polar surface area (TPSA) is 38.0 Å². The van der Waals surface area contributed by atoms with Gasteiger partial charge in [-0.1, -0.05) is 29.3 Å². The van der Waals surface area contributed by atoms with E-state index in [4.69, 9.17) is 28.9 Å². The van der Waals surface area contributed by atoms with Crippen molar-refractivity contribution in [2.75, 3.05) is 11.9 Å². The molecule has 0 bridgehead atoms. The van der Waals surface area contributed by atoms with Crippen molar-refractivity contribution < 1.29 is 4.39 Å². The summed E-state index contributed by atoms with van der Waals surface area (Å²) in [5.74, 6) is -0.386. The summed E-state index contributed by atoms with van der Waals surface area (Å²) in [6, 6.07) is 9.59. The molecule has 6 heteroatoms. The van der Waals surface area contributed by atoms with Crippen LogP contribution in [0.5, 0.6) is 0 Å². The van der Waals surface area contributed by atoms with Crippen molar-refractivity contribution >= 4 is 44.8 Å². The van der Waals surface area contributed by atoms with E-state index < -0.39 is 0 Å². The van der Waals surface area contributed by atoms with Crippen molar-refractivity contribution in [3.8, 4) is 0 Å². The van der Waals surface area contributed by atoms with Crippen LogP contribution in [0.1, 0.15) is 11.6 Å². The number of hydrogen-bond donors (Lipinski definition) is 2. The number of nitrogens with two attached hydrogens (primary N) is 1. The van der Waals surface area contributed by atoms with Crippen LogP contribution >= 0.6 is 39.1 Å². The minimum Gasteiger partial charge on any atom is -0.377 e. The molecule has 0 heterocycles. The van der Waals surface area contributed by atoms with E-state index in [2.05, 4.69) is 21.2 Å². The molecule has 2 aromatic rings. The Bertz CT molecular complexity index is 622. The highest BCUT2D eigenvalue weighted by molar-refractivity contribution is 9.10. The molecule has 0 saturated heterocycles. The van der Waals surface area contributed by atoms with Crippen molar-refractivity contribution in [2.45, 2.75) is 6.04 Å². The lowest BCUT2D eigenvalue weighted by atomic mass is 10.1. The van der Waals surface area contributed by atoms with Gasteiger partial charge in [0, 0.05) is 27.3 Å². The molecule has 0 fully saturated rings. The zero-order valence-electron chi connectivity index (χ0n) is 10.3. The summed E-state index contributed by atoms with van der Waals surface area (Å²) in [7, 11) is 0. The van der Waals surface area contributed by atoms with E-state index in [-0.39, 0.29) is 18.4 Å². The lowest BCUT2D eigenvalue weighted by Gasteiger charge is -2.19. The summed E-state index contributed by atoms with van der Waals surface area (Å²) < 4.78 is 14.7. The van der Waals surface area contributed by atoms with Crippen LogP contribution < -0.4 is 11.1 Å². The molecule has 0 aliphatic rings. The first-order valence-corrected chi connectivity index (χ1v) is 7.42. The van der Waals surface area contributed by atoms with Gasteiger partial charge in [0.1, 0.15) is 5.82 Å². The van der Waals surface area contributed by atoms with Gasteiger partial charge in [0.2, 0.25) is 0 Å². The first-order chi connectivity index (χ1) is 9.51. The van der Waals surface area contributed by atoms with E-state index >= 15 is 0 Å². The molecule has 2 rings (SSSR count). The van der Waals surface area contributed by atoms with Crippen LogP contribution in [0.15, 0.2) is 40.9 Å². The van der Waals surface area contributed by atoms with Gasteiger partial charge in [0.15, 0.2) is 0 Å². The Morgan fingerprint density at radius 1 is 1.20 bits per heavy atom. The van der Waals surface area contributed by atoms with Gasteiger partial charge in [-0.3, -0.25) is 0 Å². The van der Waals surface area contributed by atoms with Crippen LogP contribution in [0, 0.1) is 5.82 Å². The third-order valence-electron chi connectivity index (χ3n) is 2.83. The molecule has 106 valence electrons. The Morgan fingerprint density at radius 2 is 1.95 bits per heavy atom. The van der Waals surface area contributed by atoms with E-state index in [1.54, 1.807) is 18.2 Å². The van der Waals surface area contributed by atoms with Gasteiger partial charge < -0.3 is 11.1 Å². The number of benzene rings is 2. The van der Waals surface area contributed by atoms with Gasteiger partial charge in [-0.25, -0.2) is 4.39 Å². The summed E-state index contributed by atoms with van der Waals surface area (Å²) in [4.78, 5) is 0. The highest BCUT2D eigenvalue weighted by atomic mass is 79.9. The van der Waals surface area contributed by atoms with Gasteiger partial charge in [0.05, 0.1) is 11.1 Å². The van der Waals surface area contributed by atoms with Crippen LogP contribution in [0.4, 0.5) is 10.1 Å². The van der Waals surface area contributed by atoms with Gasteiger partial charge in [-0.15, -0.1) is 0 Å².